The van der Waals surface area contributed by atoms with Crippen molar-refractivity contribution in [2.24, 2.45) is 18.7 Å². The van der Waals surface area contributed by atoms with Crippen molar-refractivity contribution in [3.63, 3.8) is 0 Å². The molecule has 3 aromatic rings. The number of carbonyl (C=O) groups is 2. The summed E-state index contributed by atoms with van der Waals surface area (Å²) in [6.07, 6.45) is 5.39. The molecule has 0 radical (unpaired) electrons. The number of primary amides is 1. The third-order valence-electron chi connectivity index (χ3n) is 4.95. The zero-order valence-corrected chi connectivity index (χ0v) is 15.4. The lowest BCUT2D eigenvalue weighted by molar-refractivity contribution is -0.119. The summed E-state index contributed by atoms with van der Waals surface area (Å²) < 4.78 is 3.27. The summed E-state index contributed by atoms with van der Waals surface area (Å²) in [5.41, 5.74) is 7.76. The molecule has 144 valence electrons. The Bertz CT molecular complexity index is 1020. The van der Waals surface area contributed by atoms with Gasteiger partial charge in [-0.15, -0.1) is 0 Å². The zero-order valence-electron chi connectivity index (χ0n) is 15.4. The summed E-state index contributed by atoms with van der Waals surface area (Å²) in [6.45, 7) is 1.33. The molecule has 0 unspecified atom stereocenters. The lowest BCUT2D eigenvalue weighted by Crippen LogP contribution is -2.28. The standard InChI is InChI=1S/C19H21N7O2/c1-25-11-12(8-22-25)13-9-21-10-14(13)19(28)23-15-4-2-3-5-17(15)26-7-6-16(24-26)18(20)27/h2-8,11,13-14,21H,9-10H2,1H3,(H2,20,27)(H,23,28)/t13-,14+/m1/s1. The van der Waals surface area contributed by atoms with Crippen LogP contribution in [0.4, 0.5) is 5.69 Å². The molecule has 9 heteroatoms. The number of nitrogens with two attached hydrogens (primary N) is 1. The minimum absolute atomic E-state index is 0.0621. The van der Waals surface area contributed by atoms with Crippen molar-refractivity contribution in [1.29, 1.82) is 0 Å². The first-order valence-electron chi connectivity index (χ1n) is 8.98. The van der Waals surface area contributed by atoms with Gasteiger partial charge in [-0.2, -0.15) is 10.2 Å². The Morgan fingerprint density at radius 3 is 2.79 bits per heavy atom. The number of hydrogen-bond acceptors (Lipinski definition) is 5. The molecule has 0 spiro atoms. The average molecular weight is 379 g/mol. The molecule has 2 atom stereocenters. The number of hydrogen-bond donors (Lipinski definition) is 3. The maximum absolute atomic E-state index is 13.0. The molecule has 1 aliphatic rings. The van der Waals surface area contributed by atoms with Crippen LogP contribution in [0, 0.1) is 5.92 Å². The van der Waals surface area contributed by atoms with E-state index in [2.05, 4.69) is 20.8 Å². The maximum Gasteiger partial charge on any atom is 0.269 e. The second kappa shape index (κ2) is 7.28. The maximum atomic E-state index is 13.0. The highest BCUT2D eigenvalue weighted by Crippen LogP contribution is 2.29. The third kappa shape index (κ3) is 3.39. The summed E-state index contributed by atoms with van der Waals surface area (Å²) >= 11 is 0. The minimum atomic E-state index is -0.600. The second-order valence-electron chi connectivity index (χ2n) is 6.83. The van der Waals surface area contributed by atoms with E-state index in [0.717, 1.165) is 12.1 Å². The van der Waals surface area contributed by atoms with Gasteiger partial charge in [0.25, 0.3) is 5.91 Å². The molecule has 9 nitrogen and oxygen atoms in total. The Hall–Kier alpha value is -3.46. The van der Waals surface area contributed by atoms with Crippen molar-refractivity contribution in [1.82, 2.24) is 24.9 Å². The number of aromatic nitrogens is 4. The average Bonchev–Trinajstić information content (AvgIpc) is 3.42. The number of nitrogens with one attached hydrogen (secondary N) is 2. The fraction of sp³-hybridized carbons (Fsp3) is 0.263. The van der Waals surface area contributed by atoms with Crippen LogP contribution in [0.2, 0.25) is 0 Å². The molecule has 4 rings (SSSR count). The normalized spacial score (nSPS) is 18.9. The van der Waals surface area contributed by atoms with E-state index in [1.807, 2.05) is 31.4 Å². The summed E-state index contributed by atoms with van der Waals surface area (Å²) in [4.78, 5) is 24.3. The molecule has 3 heterocycles. The van der Waals surface area contributed by atoms with Crippen molar-refractivity contribution in [2.45, 2.75) is 5.92 Å². The van der Waals surface area contributed by atoms with Crippen LogP contribution in [-0.4, -0.2) is 44.5 Å². The van der Waals surface area contributed by atoms with E-state index in [4.69, 9.17) is 5.73 Å². The van der Waals surface area contributed by atoms with Crippen LogP contribution in [0.25, 0.3) is 5.69 Å². The lowest BCUT2D eigenvalue weighted by Gasteiger charge is -2.18. The predicted molar refractivity (Wildman–Crippen MR) is 103 cm³/mol. The molecule has 1 fully saturated rings. The Morgan fingerprint density at radius 1 is 1.25 bits per heavy atom. The number of benzene rings is 1. The highest BCUT2D eigenvalue weighted by Gasteiger charge is 2.35. The summed E-state index contributed by atoms with van der Waals surface area (Å²) in [6, 6.07) is 8.84. The molecule has 1 aromatic carbocycles. The van der Waals surface area contributed by atoms with Gasteiger partial charge >= 0.3 is 0 Å². The fourth-order valence-corrected chi connectivity index (χ4v) is 3.53. The van der Waals surface area contributed by atoms with Crippen molar-refractivity contribution in [3.8, 4) is 5.69 Å². The summed E-state index contributed by atoms with van der Waals surface area (Å²) in [5.74, 6) is -0.826. The molecular weight excluding hydrogens is 358 g/mol. The number of rotatable bonds is 5. The molecule has 1 saturated heterocycles. The lowest BCUT2D eigenvalue weighted by atomic mass is 9.90. The topological polar surface area (TPSA) is 120 Å². The van der Waals surface area contributed by atoms with Gasteiger partial charge in [0.1, 0.15) is 5.69 Å². The Kier molecular flexibility index (Phi) is 4.66. The van der Waals surface area contributed by atoms with Gasteiger partial charge in [-0.05, 0) is 23.8 Å². The molecule has 1 aliphatic heterocycles. The second-order valence-corrected chi connectivity index (χ2v) is 6.83. The molecule has 4 N–H and O–H groups in total. The van der Waals surface area contributed by atoms with Gasteiger partial charge in [-0.25, -0.2) is 4.68 Å². The van der Waals surface area contributed by atoms with Crippen LogP contribution in [0.5, 0.6) is 0 Å². The third-order valence-corrected chi connectivity index (χ3v) is 4.95. The van der Waals surface area contributed by atoms with Gasteiger partial charge in [-0.3, -0.25) is 14.3 Å². The van der Waals surface area contributed by atoms with Gasteiger partial charge < -0.3 is 16.4 Å². The highest BCUT2D eigenvalue weighted by atomic mass is 16.2. The Labute approximate surface area is 161 Å². The van der Waals surface area contributed by atoms with E-state index in [1.165, 1.54) is 4.68 Å². The van der Waals surface area contributed by atoms with Gasteiger partial charge in [0.15, 0.2) is 0 Å². The SMILES string of the molecule is Cn1cc([C@H]2CNC[C@@H]2C(=O)Nc2ccccc2-n2ccc(C(N)=O)n2)cn1. The number of anilines is 1. The predicted octanol–water partition coefficient (Wildman–Crippen LogP) is 0.646. The van der Waals surface area contributed by atoms with Crippen LogP contribution >= 0.6 is 0 Å². The zero-order chi connectivity index (χ0) is 19.7. The monoisotopic (exact) mass is 379 g/mol. The smallest absolute Gasteiger partial charge is 0.269 e. The van der Waals surface area contributed by atoms with Crippen LogP contribution in [0.3, 0.4) is 0 Å². The number of aryl methyl sites for hydroxylation is 1. The number of nitrogens with zero attached hydrogens (tertiary/aromatic N) is 4. The van der Waals surface area contributed by atoms with Crippen molar-refractivity contribution in [2.75, 3.05) is 18.4 Å². The quantitative estimate of drug-likeness (QED) is 0.601. The summed E-state index contributed by atoms with van der Waals surface area (Å²) in [7, 11) is 1.86. The number of carbonyl (C=O) groups excluding carboxylic acids is 2. The fourth-order valence-electron chi connectivity index (χ4n) is 3.53. The molecular formula is C19H21N7O2. The van der Waals surface area contributed by atoms with Crippen molar-refractivity contribution >= 4 is 17.5 Å². The van der Waals surface area contributed by atoms with E-state index in [0.29, 0.717) is 17.9 Å². The van der Waals surface area contributed by atoms with Crippen LogP contribution < -0.4 is 16.4 Å². The molecule has 0 bridgehead atoms. The summed E-state index contributed by atoms with van der Waals surface area (Å²) in [5, 5.41) is 14.7. The van der Waals surface area contributed by atoms with E-state index >= 15 is 0 Å². The van der Waals surface area contributed by atoms with Crippen LogP contribution in [0.1, 0.15) is 22.0 Å². The van der Waals surface area contributed by atoms with E-state index < -0.39 is 5.91 Å². The Morgan fingerprint density at radius 2 is 2.07 bits per heavy atom. The molecule has 28 heavy (non-hydrogen) atoms. The van der Waals surface area contributed by atoms with E-state index in [-0.39, 0.29) is 23.4 Å². The highest BCUT2D eigenvalue weighted by molar-refractivity contribution is 5.95. The first-order valence-corrected chi connectivity index (χ1v) is 8.98. The molecule has 0 aliphatic carbocycles. The first kappa shape index (κ1) is 17.9. The van der Waals surface area contributed by atoms with Gasteiger partial charge in [-0.1, -0.05) is 12.1 Å². The number of amides is 2. The largest absolute Gasteiger partial charge is 0.364 e. The number of para-hydroxylation sites is 2. The van der Waals surface area contributed by atoms with Crippen LogP contribution in [0.15, 0.2) is 48.9 Å². The first-order chi connectivity index (χ1) is 13.5. The van der Waals surface area contributed by atoms with E-state index in [9.17, 15) is 9.59 Å². The molecule has 2 aromatic heterocycles. The van der Waals surface area contributed by atoms with E-state index in [1.54, 1.807) is 29.2 Å². The molecule has 2 amide bonds. The van der Waals surface area contributed by atoms with Crippen LogP contribution in [-0.2, 0) is 11.8 Å². The molecule has 0 saturated carbocycles. The van der Waals surface area contributed by atoms with Crippen molar-refractivity contribution < 1.29 is 9.59 Å². The Balaban J connectivity index is 1.57. The van der Waals surface area contributed by atoms with Crippen molar-refractivity contribution in [3.05, 3.63) is 60.2 Å². The van der Waals surface area contributed by atoms with Gasteiger partial charge in [0.05, 0.1) is 23.5 Å². The van der Waals surface area contributed by atoms with Gasteiger partial charge in [0, 0.05) is 38.4 Å². The minimum Gasteiger partial charge on any atom is -0.364 e. The van der Waals surface area contributed by atoms with Gasteiger partial charge in [0.2, 0.25) is 5.91 Å².